The van der Waals surface area contributed by atoms with E-state index in [4.69, 9.17) is 0 Å². The number of carbonyl (C=O) groups is 4. The zero-order valence-corrected chi connectivity index (χ0v) is 16.6. The SMILES string of the molecule is O=C1c2cccc3c(N4C(=O)c5ccccc5C4=O)ccc(c23)C(=O)N1c1ccccc1. The molecule has 0 atom stereocenters. The first-order chi connectivity index (χ1) is 15.6. The van der Waals surface area contributed by atoms with Crippen LogP contribution in [0.1, 0.15) is 41.4 Å². The van der Waals surface area contributed by atoms with Gasteiger partial charge in [0.25, 0.3) is 23.6 Å². The van der Waals surface area contributed by atoms with Gasteiger partial charge in [0, 0.05) is 21.9 Å². The first-order valence-corrected chi connectivity index (χ1v) is 10.1. The third kappa shape index (κ3) is 2.29. The van der Waals surface area contributed by atoms with Crippen LogP contribution < -0.4 is 9.80 Å². The highest BCUT2D eigenvalue weighted by molar-refractivity contribution is 6.39. The second-order valence-corrected chi connectivity index (χ2v) is 7.63. The van der Waals surface area contributed by atoms with E-state index in [1.807, 2.05) is 6.07 Å². The van der Waals surface area contributed by atoms with Crippen molar-refractivity contribution in [2.75, 3.05) is 9.80 Å². The van der Waals surface area contributed by atoms with Crippen LogP contribution in [0.15, 0.2) is 84.9 Å². The van der Waals surface area contributed by atoms with Gasteiger partial charge in [-0.1, -0.05) is 42.5 Å². The Balaban J connectivity index is 1.56. The monoisotopic (exact) mass is 418 g/mol. The first-order valence-electron chi connectivity index (χ1n) is 10.1. The lowest BCUT2D eigenvalue weighted by Gasteiger charge is -2.28. The zero-order valence-electron chi connectivity index (χ0n) is 16.6. The summed E-state index contributed by atoms with van der Waals surface area (Å²) in [5.74, 6) is -1.74. The van der Waals surface area contributed by atoms with Crippen molar-refractivity contribution in [3.63, 3.8) is 0 Å². The normalized spacial score (nSPS) is 15.0. The molecule has 4 amide bonds. The van der Waals surface area contributed by atoms with Gasteiger partial charge < -0.3 is 0 Å². The average molecular weight is 418 g/mol. The van der Waals surface area contributed by atoms with E-state index in [0.717, 1.165) is 9.80 Å². The molecule has 2 heterocycles. The Hall–Kier alpha value is -4.58. The van der Waals surface area contributed by atoms with E-state index in [1.165, 1.54) is 0 Å². The van der Waals surface area contributed by atoms with Crippen molar-refractivity contribution >= 4 is 45.8 Å². The number of imide groups is 2. The number of amides is 4. The highest BCUT2D eigenvalue weighted by Gasteiger charge is 2.39. The van der Waals surface area contributed by atoms with Gasteiger partial charge in [0.05, 0.1) is 22.5 Å². The third-order valence-electron chi connectivity index (χ3n) is 5.93. The molecular formula is C26H14N2O4. The van der Waals surface area contributed by atoms with Crippen molar-refractivity contribution < 1.29 is 19.2 Å². The maximum atomic E-state index is 13.3. The van der Waals surface area contributed by atoms with Crippen LogP contribution in [0.3, 0.4) is 0 Å². The smallest absolute Gasteiger partial charge is 0.266 e. The third-order valence-corrected chi connectivity index (χ3v) is 5.93. The van der Waals surface area contributed by atoms with Gasteiger partial charge in [-0.15, -0.1) is 0 Å². The second kappa shape index (κ2) is 6.46. The maximum Gasteiger partial charge on any atom is 0.266 e. The zero-order chi connectivity index (χ0) is 22.0. The van der Waals surface area contributed by atoms with Crippen molar-refractivity contribution in [2.45, 2.75) is 0 Å². The molecule has 6 heteroatoms. The largest absolute Gasteiger partial charge is 0.268 e. The number of nitrogens with zero attached hydrogens (tertiary/aromatic N) is 2. The lowest BCUT2D eigenvalue weighted by Crippen LogP contribution is -2.40. The number of rotatable bonds is 2. The lowest BCUT2D eigenvalue weighted by molar-refractivity contribution is 0.0888. The van der Waals surface area contributed by atoms with Crippen molar-refractivity contribution in [1.29, 1.82) is 0 Å². The fourth-order valence-corrected chi connectivity index (χ4v) is 4.50. The molecule has 0 fully saturated rings. The van der Waals surface area contributed by atoms with E-state index in [0.29, 0.717) is 44.4 Å². The van der Waals surface area contributed by atoms with Crippen LogP contribution in [0.25, 0.3) is 10.8 Å². The molecule has 32 heavy (non-hydrogen) atoms. The Morgan fingerprint density at radius 3 is 1.62 bits per heavy atom. The van der Waals surface area contributed by atoms with Crippen LogP contribution in [0.4, 0.5) is 11.4 Å². The molecule has 6 nitrogen and oxygen atoms in total. The van der Waals surface area contributed by atoms with Gasteiger partial charge in [0.2, 0.25) is 0 Å². The van der Waals surface area contributed by atoms with Crippen molar-refractivity contribution in [1.82, 2.24) is 0 Å². The predicted molar refractivity (Wildman–Crippen MR) is 119 cm³/mol. The minimum absolute atomic E-state index is 0.334. The molecule has 6 rings (SSSR count). The second-order valence-electron chi connectivity index (χ2n) is 7.63. The van der Waals surface area contributed by atoms with E-state index in [1.54, 1.807) is 78.9 Å². The fourth-order valence-electron chi connectivity index (χ4n) is 4.50. The topological polar surface area (TPSA) is 74.8 Å². The van der Waals surface area contributed by atoms with E-state index < -0.39 is 23.6 Å². The Labute approximate surface area is 182 Å². The summed E-state index contributed by atoms with van der Waals surface area (Å²) in [6.45, 7) is 0. The Kier molecular flexibility index (Phi) is 3.67. The van der Waals surface area contributed by atoms with E-state index in [-0.39, 0.29) is 0 Å². The lowest BCUT2D eigenvalue weighted by atomic mass is 9.92. The van der Waals surface area contributed by atoms with Gasteiger partial charge in [-0.3, -0.25) is 19.2 Å². The first kappa shape index (κ1) is 18.2. The van der Waals surface area contributed by atoms with Gasteiger partial charge in [0.15, 0.2) is 0 Å². The van der Waals surface area contributed by atoms with Crippen LogP contribution in [0.2, 0.25) is 0 Å². The van der Waals surface area contributed by atoms with Crippen LogP contribution in [0.5, 0.6) is 0 Å². The molecule has 4 aromatic rings. The summed E-state index contributed by atoms with van der Waals surface area (Å²) < 4.78 is 0. The van der Waals surface area contributed by atoms with Gasteiger partial charge in [-0.25, -0.2) is 9.80 Å². The fraction of sp³-hybridized carbons (Fsp3) is 0. The minimum Gasteiger partial charge on any atom is -0.268 e. The molecule has 4 aromatic carbocycles. The summed E-state index contributed by atoms with van der Waals surface area (Å²) in [4.78, 5) is 55.0. The molecule has 0 bridgehead atoms. The van der Waals surface area contributed by atoms with Gasteiger partial charge in [-0.05, 0) is 42.5 Å². The molecular weight excluding hydrogens is 404 g/mol. The summed E-state index contributed by atoms with van der Waals surface area (Å²) >= 11 is 0. The molecule has 2 aliphatic heterocycles. The summed E-state index contributed by atoms with van der Waals surface area (Å²) in [5, 5.41) is 0.952. The van der Waals surface area contributed by atoms with E-state index >= 15 is 0 Å². The van der Waals surface area contributed by atoms with Crippen molar-refractivity contribution in [2.24, 2.45) is 0 Å². The minimum atomic E-state index is -0.446. The summed E-state index contributed by atoms with van der Waals surface area (Å²) in [6, 6.07) is 23.6. The van der Waals surface area contributed by atoms with Crippen molar-refractivity contribution in [3.8, 4) is 0 Å². The Bertz CT molecular complexity index is 1450. The van der Waals surface area contributed by atoms with Crippen LogP contribution in [0, 0.1) is 0 Å². The average Bonchev–Trinajstić information content (AvgIpc) is 3.08. The summed E-state index contributed by atoms with van der Waals surface area (Å²) in [7, 11) is 0. The number of carbonyl (C=O) groups excluding carboxylic acids is 4. The number of hydrogen-bond donors (Lipinski definition) is 0. The Morgan fingerprint density at radius 1 is 0.438 bits per heavy atom. The number of anilines is 2. The number of benzene rings is 4. The molecule has 0 N–H and O–H groups in total. The summed E-state index contributed by atoms with van der Waals surface area (Å²) in [5.41, 5.74) is 2.19. The number of fused-ring (bicyclic) bond motifs is 1. The molecule has 0 saturated carbocycles. The highest BCUT2D eigenvalue weighted by Crippen LogP contribution is 2.39. The van der Waals surface area contributed by atoms with Crippen molar-refractivity contribution in [3.05, 3.63) is 107 Å². The molecule has 0 spiro atoms. The van der Waals surface area contributed by atoms with Gasteiger partial charge in [-0.2, -0.15) is 0 Å². The van der Waals surface area contributed by atoms with Crippen LogP contribution in [-0.2, 0) is 0 Å². The molecule has 0 unspecified atom stereocenters. The van der Waals surface area contributed by atoms with Crippen LogP contribution >= 0.6 is 0 Å². The van der Waals surface area contributed by atoms with E-state index in [2.05, 4.69) is 0 Å². The standard InChI is InChI=1S/C26H14N2O4/c29-23-16-9-4-5-10-17(16)24(30)28(23)21-14-13-20-22-18(21)11-6-12-19(22)25(31)27(26(20)32)15-7-2-1-3-8-15/h1-14H. The molecule has 0 saturated heterocycles. The molecule has 0 aliphatic carbocycles. The number of para-hydroxylation sites is 1. The maximum absolute atomic E-state index is 13.3. The van der Waals surface area contributed by atoms with Crippen LogP contribution in [-0.4, -0.2) is 23.6 Å². The molecule has 0 aromatic heterocycles. The predicted octanol–water partition coefficient (Wildman–Crippen LogP) is 4.44. The van der Waals surface area contributed by atoms with Gasteiger partial charge >= 0.3 is 0 Å². The number of hydrogen-bond acceptors (Lipinski definition) is 4. The van der Waals surface area contributed by atoms with E-state index in [9.17, 15) is 19.2 Å². The quantitative estimate of drug-likeness (QED) is 0.451. The molecule has 2 aliphatic rings. The molecule has 152 valence electrons. The molecule has 0 radical (unpaired) electrons. The van der Waals surface area contributed by atoms with Gasteiger partial charge in [0.1, 0.15) is 0 Å². The Morgan fingerprint density at radius 2 is 0.969 bits per heavy atom. The highest BCUT2D eigenvalue weighted by atomic mass is 16.2. The summed E-state index contributed by atoms with van der Waals surface area (Å²) in [6.07, 6.45) is 0.